The van der Waals surface area contributed by atoms with Crippen LogP contribution in [0.4, 0.5) is 0 Å². The summed E-state index contributed by atoms with van der Waals surface area (Å²) in [5.74, 6) is 0.795. The van der Waals surface area contributed by atoms with Crippen LogP contribution in [-0.2, 0) is 6.61 Å². The summed E-state index contributed by atoms with van der Waals surface area (Å²) in [6.07, 6.45) is 1.56. The Hall–Kier alpha value is -3.12. The zero-order chi connectivity index (χ0) is 19.8. The largest absolute Gasteiger partial charge is 0.496 e. The summed E-state index contributed by atoms with van der Waals surface area (Å²) in [4.78, 5) is 12.4. The number of nitrogens with one attached hydrogen (secondary N) is 1. The van der Waals surface area contributed by atoms with Crippen LogP contribution in [0.5, 0.6) is 11.5 Å². The zero-order valence-corrected chi connectivity index (χ0v) is 16.8. The van der Waals surface area contributed by atoms with Crippen LogP contribution in [0.15, 0.2) is 82.4 Å². The highest BCUT2D eigenvalue weighted by atomic mass is 79.9. The van der Waals surface area contributed by atoms with E-state index >= 15 is 0 Å². The first kappa shape index (κ1) is 19.6. The van der Waals surface area contributed by atoms with E-state index in [9.17, 15) is 4.79 Å². The molecular formula is C22H19BrN2O3. The number of hydrogen-bond donors (Lipinski definition) is 1. The summed E-state index contributed by atoms with van der Waals surface area (Å²) >= 11 is 3.35. The molecule has 1 amide bonds. The Balaban J connectivity index is 1.68. The summed E-state index contributed by atoms with van der Waals surface area (Å²) in [5, 5.41) is 4.06. The maximum absolute atomic E-state index is 12.4. The molecule has 0 aliphatic heterocycles. The molecule has 0 spiro atoms. The molecule has 0 unspecified atom stereocenters. The molecule has 5 nitrogen and oxygen atoms in total. The van der Waals surface area contributed by atoms with Crippen LogP contribution in [0.25, 0.3) is 0 Å². The van der Waals surface area contributed by atoms with Crippen LogP contribution in [-0.4, -0.2) is 19.2 Å². The highest BCUT2D eigenvalue weighted by molar-refractivity contribution is 9.10. The molecule has 0 bridgehead atoms. The molecule has 0 radical (unpaired) electrons. The van der Waals surface area contributed by atoms with Crippen LogP contribution >= 0.6 is 15.9 Å². The van der Waals surface area contributed by atoms with Crippen molar-refractivity contribution in [1.82, 2.24) is 5.43 Å². The Morgan fingerprint density at radius 3 is 2.57 bits per heavy atom. The predicted octanol–water partition coefficient (Wildman–Crippen LogP) is 4.80. The van der Waals surface area contributed by atoms with Gasteiger partial charge in [-0.2, -0.15) is 5.10 Å². The van der Waals surface area contributed by atoms with Crippen molar-refractivity contribution in [3.05, 3.63) is 94.0 Å². The third-order valence-electron chi connectivity index (χ3n) is 3.93. The molecule has 1 N–H and O–H groups in total. The fourth-order valence-electron chi connectivity index (χ4n) is 2.53. The van der Waals surface area contributed by atoms with Gasteiger partial charge in [-0.3, -0.25) is 4.79 Å². The third kappa shape index (κ3) is 5.20. The van der Waals surface area contributed by atoms with Gasteiger partial charge in [0.1, 0.15) is 18.1 Å². The molecule has 28 heavy (non-hydrogen) atoms. The molecular weight excluding hydrogens is 420 g/mol. The molecule has 142 valence electrons. The number of nitrogens with zero attached hydrogens (tertiary/aromatic N) is 1. The molecule has 0 aliphatic carbocycles. The summed E-state index contributed by atoms with van der Waals surface area (Å²) in [7, 11) is 1.52. The van der Waals surface area contributed by atoms with Gasteiger partial charge in [-0.1, -0.05) is 58.4 Å². The number of rotatable bonds is 7. The Labute approximate surface area is 172 Å². The number of methoxy groups -OCH3 is 1. The molecule has 3 rings (SSSR count). The van der Waals surface area contributed by atoms with Crippen LogP contribution < -0.4 is 14.9 Å². The van der Waals surface area contributed by atoms with Gasteiger partial charge < -0.3 is 9.47 Å². The highest BCUT2D eigenvalue weighted by Gasteiger charge is 2.12. The van der Waals surface area contributed by atoms with Crippen LogP contribution in [0.1, 0.15) is 21.5 Å². The number of halogens is 1. The Morgan fingerprint density at radius 2 is 1.79 bits per heavy atom. The summed E-state index contributed by atoms with van der Waals surface area (Å²) < 4.78 is 11.9. The van der Waals surface area contributed by atoms with Crippen molar-refractivity contribution in [3.63, 3.8) is 0 Å². The normalized spacial score (nSPS) is 10.6. The van der Waals surface area contributed by atoms with Crippen molar-refractivity contribution in [3.8, 4) is 11.5 Å². The van der Waals surface area contributed by atoms with Gasteiger partial charge >= 0.3 is 0 Å². The van der Waals surface area contributed by atoms with E-state index in [4.69, 9.17) is 9.47 Å². The van der Waals surface area contributed by atoms with E-state index < -0.39 is 0 Å². The fourth-order valence-corrected chi connectivity index (χ4v) is 2.89. The van der Waals surface area contributed by atoms with Crippen molar-refractivity contribution >= 4 is 28.1 Å². The van der Waals surface area contributed by atoms with E-state index in [-0.39, 0.29) is 5.91 Å². The number of carbonyl (C=O) groups excluding carboxylic acids is 1. The van der Waals surface area contributed by atoms with E-state index in [1.807, 2.05) is 54.6 Å². The van der Waals surface area contributed by atoms with E-state index in [2.05, 4.69) is 26.5 Å². The summed E-state index contributed by atoms with van der Waals surface area (Å²) in [6, 6.07) is 22.6. The van der Waals surface area contributed by atoms with E-state index in [1.54, 1.807) is 24.4 Å². The summed E-state index contributed by atoms with van der Waals surface area (Å²) in [5.41, 5.74) is 4.75. The molecule has 0 aromatic heterocycles. The molecule has 0 atom stereocenters. The molecule has 6 heteroatoms. The lowest BCUT2D eigenvalue weighted by atomic mass is 10.2. The predicted molar refractivity (Wildman–Crippen MR) is 113 cm³/mol. The molecule has 0 heterocycles. The van der Waals surface area contributed by atoms with Gasteiger partial charge in [0.15, 0.2) is 0 Å². The number of carbonyl (C=O) groups is 1. The third-order valence-corrected chi connectivity index (χ3v) is 4.43. The van der Waals surface area contributed by atoms with Crippen molar-refractivity contribution < 1.29 is 14.3 Å². The van der Waals surface area contributed by atoms with E-state index in [0.717, 1.165) is 15.6 Å². The zero-order valence-electron chi connectivity index (χ0n) is 15.3. The SMILES string of the molecule is COc1ccc(Br)cc1C(=O)NN=Cc1ccccc1OCc1ccccc1. The average molecular weight is 439 g/mol. The number of para-hydroxylation sites is 1. The van der Waals surface area contributed by atoms with E-state index in [1.165, 1.54) is 7.11 Å². The highest BCUT2D eigenvalue weighted by Crippen LogP contribution is 2.23. The standard InChI is InChI=1S/C22H19BrN2O3/c1-27-21-12-11-18(23)13-19(21)22(26)25-24-14-17-9-5-6-10-20(17)28-15-16-7-3-2-4-8-16/h2-14H,15H2,1H3,(H,25,26). The van der Waals surface area contributed by atoms with Crippen LogP contribution in [0.3, 0.4) is 0 Å². The second kappa shape index (κ2) is 9.71. The maximum atomic E-state index is 12.4. The lowest BCUT2D eigenvalue weighted by Crippen LogP contribution is -2.18. The Kier molecular flexibility index (Phi) is 6.81. The van der Waals surface area contributed by atoms with Gasteiger partial charge in [-0.15, -0.1) is 0 Å². The van der Waals surface area contributed by atoms with Gasteiger partial charge in [0.25, 0.3) is 5.91 Å². The van der Waals surface area contributed by atoms with Crippen molar-refractivity contribution in [2.45, 2.75) is 6.61 Å². The molecule has 0 saturated heterocycles. The van der Waals surface area contributed by atoms with Crippen molar-refractivity contribution in [2.75, 3.05) is 7.11 Å². The molecule has 0 aliphatic rings. The minimum atomic E-state index is -0.364. The summed E-state index contributed by atoms with van der Waals surface area (Å²) in [6.45, 7) is 0.452. The number of hydrogen-bond acceptors (Lipinski definition) is 4. The number of benzene rings is 3. The number of ether oxygens (including phenoxy) is 2. The topological polar surface area (TPSA) is 59.9 Å². The molecule has 0 saturated carbocycles. The molecule has 0 fully saturated rings. The smallest absolute Gasteiger partial charge is 0.275 e. The van der Waals surface area contributed by atoms with Crippen LogP contribution in [0.2, 0.25) is 0 Å². The first-order valence-corrected chi connectivity index (χ1v) is 9.39. The fraction of sp³-hybridized carbons (Fsp3) is 0.0909. The molecule has 3 aromatic carbocycles. The van der Waals surface area contributed by atoms with Gasteiger partial charge in [0.2, 0.25) is 0 Å². The minimum Gasteiger partial charge on any atom is -0.496 e. The number of hydrazone groups is 1. The second-order valence-corrected chi connectivity index (χ2v) is 6.77. The Bertz CT molecular complexity index is 975. The first-order valence-electron chi connectivity index (χ1n) is 8.60. The monoisotopic (exact) mass is 438 g/mol. The lowest BCUT2D eigenvalue weighted by molar-refractivity contribution is 0.0952. The average Bonchev–Trinajstić information content (AvgIpc) is 2.73. The van der Waals surface area contributed by atoms with E-state index in [0.29, 0.717) is 23.7 Å². The maximum Gasteiger partial charge on any atom is 0.275 e. The Morgan fingerprint density at radius 1 is 1.04 bits per heavy atom. The second-order valence-electron chi connectivity index (χ2n) is 5.86. The van der Waals surface area contributed by atoms with Crippen molar-refractivity contribution in [2.24, 2.45) is 5.10 Å². The van der Waals surface area contributed by atoms with Crippen LogP contribution in [0, 0.1) is 0 Å². The van der Waals surface area contributed by atoms with Gasteiger partial charge in [-0.25, -0.2) is 5.43 Å². The van der Waals surface area contributed by atoms with Gasteiger partial charge in [-0.05, 0) is 35.9 Å². The molecule has 3 aromatic rings. The van der Waals surface area contributed by atoms with Crippen molar-refractivity contribution in [1.29, 1.82) is 0 Å². The lowest BCUT2D eigenvalue weighted by Gasteiger charge is -2.09. The van der Waals surface area contributed by atoms with Gasteiger partial charge in [0.05, 0.1) is 18.9 Å². The first-order chi connectivity index (χ1) is 13.7. The minimum absolute atomic E-state index is 0.364. The quantitative estimate of drug-likeness (QED) is 0.425. The van der Waals surface area contributed by atoms with Gasteiger partial charge in [0, 0.05) is 10.0 Å². The number of amides is 1.